The summed E-state index contributed by atoms with van der Waals surface area (Å²) in [4.78, 5) is 12.2. The second-order valence-corrected chi connectivity index (χ2v) is 7.64. The summed E-state index contributed by atoms with van der Waals surface area (Å²) in [6.45, 7) is 10.3. The van der Waals surface area contributed by atoms with E-state index in [0.29, 0.717) is 13.1 Å². The van der Waals surface area contributed by atoms with Crippen molar-refractivity contribution in [2.75, 3.05) is 13.1 Å². The molecule has 0 radical (unpaired) electrons. The van der Waals surface area contributed by atoms with Crippen LogP contribution in [0.3, 0.4) is 0 Å². The van der Waals surface area contributed by atoms with Gasteiger partial charge in [-0.3, -0.25) is 4.79 Å². The molecule has 1 aromatic carbocycles. The summed E-state index contributed by atoms with van der Waals surface area (Å²) in [5.41, 5.74) is 0.889. The van der Waals surface area contributed by atoms with Crippen LogP contribution in [0.15, 0.2) is 29.2 Å². The SMILES string of the molecule is CCC(C)C(=O)NC(C)c1ccc(S(=O)(=O)N(CC)CC)cc1. The van der Waals surface area contributed by atoms with Gasteiger partial charge in [-0.25, -0.2) is 8.42 Å². The van der Waals surface area contributed by atoms with Gasteiger partial charge in [0.05, 0.1) is 10.9 Å². The number of hydrogen-bond donors (Lipinski definition) is 1. The Morgan fingerprint density at radius 3 is 2.04 bits per heavy atom. The zero-order valence-corrected chi connectivity index (χ0v) is 15.5. The van der Waals surface area contributed by atoms with E-state index < -0.39 is 10.0 Å². The number of nitrogens with one attached hydrogen (secondary N) is 1. The third-order valence-corrected chi connectivity index (χ3v) is 6.21. The predicted octanol–water partition coefficient (Wildman–Crippen LogP) is 2.94. The van der Waals surface area contributed by atoms with Crippen molar-refractivity contribution in [3.63, 3.8) is 0 Å². The van der Waals surface area contributed by atoms with E-state index in [1.165, 1.54) is 4.31 Å². The zero-order valence-electron chi connectivity index (χ0n) is 14.7. The minimum Gasteiger partial charge on any atom is -0.349 e. The number of nitrogens with zero attached hydrogens (tertiary/aromatic N) is 1. The highest BCUT2D eigenvalue weighted by molar-refractivity contribution is 7.89. The van der Waals surface area contributed by atoms with Gasteiger partial charge in [-0.2, -0.15) is 4.31 Å². The van der Waals surface area contributed by atoms with Crippen LogP contribution in [0.25, 0.3) is 0 Å². The maximum atomic E-state index is 12.4. The molecule has 1 aromatic rings. The molecule has 0 aromatic heterocycles. The molecule has 0 aliphatic rings. The van der Waals surface area contributed by atoms with Crippen molar-refractivity contribution in [1.29, 1.82) is 0 Å². The van der Waals surface area contributed by atoms with Gasteiger partial charge in [-0.15, -0.1) is 0 Å². The first kappa shape index (κ1) is 19.6. The van der Waals surface area contributed by atoms with Gasteiger partial charge in [0.15, 0.2) is 0 Å². The van der Waals surface area contributed by atoms with E-state index >= 15 is 0 Å². The molecule has 5 nitrogen and oxygen atoms in total. The van der Waals surface area contributed by atoms with Crippen molar-refractivity contribution in [2.24, 2.45) is 5.92 Å². The molecule has 0 saturated heterocycles. The van der Waals surface area contributed by atoms with E-state index in [-0.39, 0.29) is 22.8 Å². The molecule has 0 bridgehead atoms. The lowest BCUT2D eigenvalue weighted by Crippen LogP contribution is -2.31. The van der Waals surface area contributed by atoms with Crippen LogP contribution in [0.5, 0.6) is 0 Å². The van der Waals surface area contributed by atoms with E-state index in [2.05, 4.69) is 5.32 Å². The summed E-state index contributed by atoms with van der Waals surface area (Å²) in [6.07, 6.45) is 0.791. The summed E-state index contributed by atoms with van der Waals surface area (Å²) in [5.74, 6) is -0.0143. The Morgan fingerprint density at radius 2 is 1.61 bits per heavy atom. The molecule has 0 saturated carbocycles. The lowest BCUT2D eigenvalue weighted by atomic mass is 10.1. The van der Waals surface area contributed by atoms with Crippen molar-refractivity contribution >= 4 is 15.9 Å². The molecule has 0 spiro atoms. The first-order valence-electron chi connectivity index (χ1n) is 8.18. The average molecular weight is 340 g/mol. The normalized spacial score (nSPS) is 14.5. The van der Waals surface area contributed by atoms with Crippen molar-refractivity contribution in [3.05, 3.63) is 29.8 Å². The molecule has 6 heteroatoms. The van der Waals surface area contributed by atoms with Gasteiger partial charge in [0.1, 0.15) is 0 Å². The Bertz CT molecular complexity index is 607. The smallest absolute Gasteiger partial charge is 0.243 e. The number of rotatable bonds is 8. The Hall–Kier alpha value is -1.40. The molecule has 1 N–H and O–H groups in total. The topological polar surface area (TPSA) is 66.5 Å². The zero-order chi connectivity index (χ0) is 17.6. The van der Waals surface area contributed by atoms with E-state index in [1.54, 1.807) is 24.3 Å². The molecule has 0 heterocycles. The fourth-order valence-electron chi connectivity index (χ4n) is 2.27. The molecular formula is C17H28N2O3S. The molecule has 130 valence electrons. The lowest BCUT2D eigenvalue weighted by Gasteiger charge is -2.20. The van der Waals surface area contributed by atoms with Crippen LogP contribution in [-0.4, -0.2) is 31.7 Å². The quantitative estimate of drug-likeness (QED) is 0.791. The molecule has 2 atom stereocenters. The van der Waals surface area contributed by atoms with Gasteiger partial charge in [0.2, 0.25) is 15.9 Å². The van der Waals surface area contributed by atoms with Crippen LogP contribution in [-0.2, 0) is 14.8 Å². The standard InChI is InChI=1S/C17H28N2O3S/c1-6-13(4)17(20)18-14(5)15-9-11-16(12-10-15)23(21,22)19(7-2)8-3/h9-14H,6-8H2,1-5H3,(H,18,20). The first-order valence-corrected chi connectivity index (χ1v) is 9.62. The average Bonchev–Trinajstić information content (AvgIpc) is 2.54. The van der Waals surface area contributed by atoms with Crippen molar-refractivity contribution < 1.29 is 13.2 Å². The molecule has 1 rings (SSSR count). The number of benzene rings is 1. The highest BCUT2D eigenvalue weighted by atomic mass is 32.2. The second-order valence-electron chi connectivity index (χ2n) is 5.70. The first-order chi connectivity index (χ1) is 10.8. The minimum atomic E-state index is -3.44. The molecule has 23 heavy (non-hydrogen) atoms. The van der Waals surface area contributed by atoms with Crippen LogP contribution in [0.4, 0.5) is 0 Å². The maximum Gasteiger partial charge on any atom is 0.243 e. The monoisotopic (exact) mass is 340 g/mol. The van der Waals surface area contributed by atoms with Crippen molar-refractivity contribution in [1.82, 2.24) is 9.62 Å². The fourth-order valence-corrected chi connectivity index (χ4v) is 3.72. The number of carbonyl (C=O) groups excluding carboxylic acids is 1. The summed E-state index contributed by atoms with van der Waals surface area (Å²) >= 11 is 0. The predicted molar refractivity (Wildman–Crippen MR) is 92.6 cm³/mol. The number of sulfonamides is 1. The highest BCUT2D eigenvalue weighted by Crippen LogP contribution is 2.19. The second kappa shape index (κ2) is 8.45. The Morgan fingerprint density at radius 1 is 1.09 bits per heavy atom. The molecular weight excluding hydrogens is 312 g/mol. The van der Waals surface area contributed by atoms with Crippen LogP contribution < -0.4 is 5.32 Å². The van der Waals surface area contributed by atoms with Crippen LogP contribution in [0.1, 0.15) is 52.6 Å². The summed E-state index contributed by atoms with van der Waals surface area (Å²) < 4.78 is 26.3. The largest absolute Gasteiger partial charge is 0.349 e. The van der Waals surface area contributed by atoms with Gasteiger partial charge in [-0.05, 0) is 31.0 Å². The van der Waals surface area contributed by atoms with E-state index in [9.17, 15) is 13.2 Å². The van der Waals surface area contributed by atoms with Gasteiger partial charge in [0, 0.05) is 19.0 Å². The third kappa shape index (κ3) is 4.78. The summed E-state index contributed by atoms with van der Waals surface area (Å²) in [7, 11) is -3.44. The van der Waals surface area contributed by atoms with E-state index in [0.717, 1.165) is 12.0 Å². The van der Waals surface area contributed by atoms with Crippen LogP contribution in [0, 0.1) is 5.92 Å². The van der Waals surface area contributed by atoms with Gasteiger partial charge < -0.3 is 5.32 Å². The number of amides is 1. The Kier molecular flexibility index (Phi) is 7.22. The van der Waals surface area contributed by atoms with Crippen LogP contribution >= 0.6 is 0 Å². The number of hydrogen-bond acceptors (Lipinski definition) is 3. The van der Waals surface area contributed by atoms with E-state index in [1.807, 2.05) is 34.6 Å². The number of carbonyl (C=O) groups is 1. The molecule has 2 unspecified atom stereocenters. The van der Waals surface area contributed by atoms with Crippen LogP contribution in [0.2, 0.25) is 0 Å². The molecule has 0 aliphatic heterocycles. The summed E-state index contributed by atoms with van der Waals surface area (Å²) in [5, 5.41) is 2.95. The lowest BCUT2D eigenvalue weighted by molar-refractivity contribution is -0.125. The van der Waals surface area contributed by atoms with Crippen molar-refractivity contribution in [2.45, 2.75) is 52.0 Å². The molecule has 1 amide bonds. The van der Waals surface area contributed by atoms with Crippen molar-refractivity contribution in [3.8, 4) is 0 Å². The summed E-state index contributed by atoms with van der Waals surface area (Å²) in [6, 6.07) is 6.58. The van der Waals surface area contributed by atoms with Gasteiger partial charge in [-0.1, -0.05) is 39.8 Å². The van der Waals surface area contributed by atoms with E-state index in [4.69, 9.17) is 0 Å². The van der Waals surface area contributed by atoms with Gasteiger partial charge in [0.25, 0.3) is 0 Å². The third-order valence-electron chi connectivity index (χ3n) is 4.14. The highest BCUT2D eigenvalue weighted by Gasteiger charge is 2.22. The Labute approximate surface area is 140 Å². The fraction of sp³-hybridized carbons (Fsp3) is 0.588. The maximum absolute atomic E-state index is 12.4. The minimum absolute atomic E-state index is 0.0137. The Balaban J connectivity index is 2.90. The van der Waals surface area contributed by atoms with Gasteiger partial charge >= 0.3 is 0 Å². The molecule has 0 fully saturated rings. The molecule has 0 aliphatic carbocycles.